The summed E-state index contributed by atoms with van der Waals surface area (Å²) >= 11 is 0. The summed E-state index contributed by atoms with van der Waals surface area (Å²) in [6.45, 7) is 2.01. The standard InChI is InChI=1S/C28H26N4O3/c1-18-7-11-21(12-8-18)30-28(33)24-17-29-32-26(19-9-13-22(34-2)14-10-19)16-25(31-27(24)32)20-5-4-6-23(15-20)35-3/h4-17,26,31H,1-3H3,(H,30,33)/t26-/m1/s1. The Balaban J connectivity index is 1.55. The van der Waals surface area contributed by atoms with Crippen LogP contribution >= 0.6 is 0 Å². The third-order valence-corrected chi connectivity index (χ3v) is 6.03. The summed E-state index contributed by atoms with van der Waals surface area (Å²) in [5.74, 6) is 1.92. The molecule has 35 heavy (non-hydrogen) atoms. The molecule has 0 aliphatic carbocycles. The van der Waals surface area contributed by atoms with Gasteiger partial charge in [-0.15, -0.1) is 0 Å². The third kappa shape index (κ3) is 4.48. The second kappa shape index (κ2) is 9.38. The number of allylic oxidation sites excluding steroid dienone is 1. The molecule has 1 aromatic heterocycles. The highest BCUT2D eigenvalue weighted by Gasteiger charge is 2.28. The predicted octanol–water partition coefficient (Wildman–Crippen LogP) is 5.52. The lowest BCUT2D eigenvalue weighted by atomic mass is 10.0. The van der Waals surface area contributed by atoms with Gasteiger partial charge in [-0.3, -0.25) is 4.79 Å². The lowest BCUT2D eigenvalue weighted by molar-refractivity contribution is 0.102. The number of fused-ring (bicyclic) bond motifs is 1. The van der Waals surface area contributed by atoms with Crippen LogP contribution in [0.5, 0.6) is 11.5 Å². The van der Waals surface area contributed by atoms with Crippen molar-refractivity contribution in [3.05, 3.63) is 107 Å². The Hall–Kier alpha value is -4.52. The maximum absolute atomic E-state index is 13.2. The van der Waals surface area contributed by atoms with Crippen LogP contribution in [0, 0.1) is 6.92 Å². The molecule has 3 aromatic carbocycles. The molecule has 0 saturated carbocycles. The van der Waals surface area contributed by atoms with Crippen molar-refractivity contribution < 1.29 is 14.3 Å². The Labute approximate surface area is 204 Å². The summed E-state index contributed by atoms with van der Waals surface area (Å²) in [6, 6.07) is 23.1. The summed E-state index contributed by atoms with van der Waals surface area (Å²) in [5, 5.41) is 11.0. The smallest absolute Gasteiger partial charge is 0.261 e. The number of amides is 1. The highest BCUT2D eigenvalue weighted by molar-refractivity contribution is 6.08. The van der Waals surface area contributed by atoms with E-state index in [9.17, 15) is 4.79 Å². The van der Waals surface area contributed by atoms with Crippen LogP contribution in [0.25, 0.3) is 5.70 Å². The van der Waals surface area contributed by atoms with E-state index in [2.05, 4.69) is 21.8 Å². The van der Waals surface area contributed by atoms with Crippen molar-refractivity contribution in [3.63, 3.8) is 0 Å². The molecule has 0 unspecified atom stereocenters. The normalized spacial score (nSPS) is 14.4. The second-order valence-corrected chi connectivity index (χ2v) is 8.33. The molecule has 5 rings (SSSR count). The quantitative estimate of drug-likeness (QED) is 0.391. The Morgan fingerprint density at radius 1 is 0.971 bits per heavy atom. The van der Waals surface area contributed by atoms with Crippen molar-refractivity contribution in [2.45, 2.75) is 13.0 Å². The van der Waals surface area contributed by atoms with E-state index in [1.165, 1.54) is 0 Å². The third-order valence-electron chi connectivity index (χ3n) is 6.03. The van der Waals surface area contributed by atoms with Crippen molar-refractivity contribution in [3.8, 4) is 11.5 Å². The van der Waals surface area contributed by atoms with Gasteiger partial charge in [-0.1, -0.05) is 42.0 Å². The Bertz CT molecular complexity index is 1390. The SMILES string of the molecule is COc1ccc([C@H]2C=C(c3cccc(OC)c3)Nc3c(C(=O)Nc4ccc(C)cc4)cnn32)cc1. The average Bonchev–Trinajstić information content (AvgIpc) is 3.34. The topological polar surface area (TPSA) is 77.4 Å². The summed E-state index contributed by atoms with van der Waals surface area (Å²) < 4.78 is 12.6. The first-order valence-corrected chi connectivity index (χ1v) is 11.3. The average molecular weight is 467 g/mol. The molecule has 1 amide bonds. The molecule has 0 fully saturated rings. The first-order valence-electron chi connectivity index (χ1n) is 11.3. The van der Waals surface area contributed by atoms with E-state index in [1.54, 1.807) is 20.4 Å². The van der Waals surface area contributed by atoms with E-state index < -0.39 is 0 Å². The van der Waals surface area contributed by atoms with E-state index in [-0.39, 0.29) is 11.9 Å². The number of carbonyl (C=O) groups is 1. The first kappa shape index (κ1) is 22.3. The predicted molar refractivity (Wildman–Crippen MR) is 137 cm³/mol. The van der Waals surface area contributed by atoms with Gasteiger partial charge < -0.3 is 20.1 Å². The molecule has 2 heterocycles. The fourth-order valence-electron chi connectivity index (χ4n) is 4.09. The number of aryl methyl sites for hydroxylation is 1. The van der Waals surface area contributed by atoms with Gasteiger partial charge >= 0.3 is 0 Å². The van der Waals surface area contributed by atoms with Gasteiger partial charge in [-0.05, 0) is 55.0 Å². The molecule has 1 aliphatic heterocycles. The minimum Gasteiger partial charge on any atom is -0.497 e. The number of nitrogens with one attached hydrogen (secondary N) is 2. The number of methoxy groups -OCH3 is 2. The molecule has 1 aliphatic rings. The molecule has 7 nitrogen and oxygen atoms in total. The van der Waals surface area contributed by atoms with Crippen LogP contribution in [0.1, 0.15) is 33.1 Å². The monoisotopic (exact) mass is 466 g/mol. The number of ether oxygens (including phenoxy) is 2. The van der Waals surface area contributed by atoms with Gasteiger partial charge in [-0.25, -0.2) is 4.68 Å². The number of benzene rings is 3. The minimum absolute atomic E-state index is 0.223. The summed E-state index contributed by atoms with van der Waals surface area (Å²) in [4.78, 5) is 13.2. The van der Waals surface area contributed by atoms with Crippen LogP contribution in [0.4, 0.5) is 11.5 Å². The fourth-order valence-corrected chi connectivity index (χ4v) is 4.09. The number of hydrogen-bond donors (Lipinski definition) is 2. The Morgan fingerprint density at radius 3 is 2.43 bits per heavy atom. The number of aromatic nitrogens is 2. The van der Waals surface area contributed by atoms with Gasteiger partial charge in [0.05, 0.1) is 26.5 Å². The molecule has 2 N–H and O–H groups in total. The molecule has 4 aromatic rings. The first-order chi connectivity index (χ1) is 17.1. The summed E-state index contributed by atoms with van der Waals surface area (Å²) in [6.07, 6.45) is 3.70. The van der Waals surface area contributed by atoms with Crippen LogP contribution in [0.15, 0.2) is 85.1 Å². The summed E-state index contributed by atoms with van der Waals surface area (Å²) in [7, 11) is 3.29. The number of rotatable bonds is 6. The zero-order chi connectivity index (χ0) is 24.4. The molecule has 0 bridgehead atoms. The highest BCUT2D eigenvalue weighted by Crippen LogP contribution is 2.36. The van der Waals surface area contributed by atoms with Gasteiger partial charge in [0.15, 0.2) is 0 Å². The van der Waals surface area contributed by atoms with Gasteiger partial charge in [0.1, 0.15) is 22.9 Å². The minimum atomic E-state index is -0.233. The molecule has 7 heteroatoms. The van der Waals surface area contributed by atoms with E-state index in [1.807, 2.05) is 84.4 Å². The maximum atomic E-state index is 13.2. The van der Waals surface area contributed by atoms with Gasteiger partial charge in [0.2, 0.25) is 0 Å². The Kier molecular flexibility index (Phi) is 5.97. The highest BCUT2D eigenvalue weighted by atomic mass is 16.5. The largest absolute Gasteiger partial charge is 0.497 e. The Morgan fingerprint density at radius 2 is 1.71 bits per heavy atom. The van der Waals surface area contributed by atoms with Crippen molar-refractivity contribution >= 4 is 23.1 Å². The molecule has 1 atom stereocenters. The summed E-state index contributed by atoms with van der Waals surface area (Å²) in [5.41, 5.74) is 5.14. The van der Waals surface area contributed by atoms with Crippen molar-refractivity contribution in [1.29, 1.82) is 0 Å². The van der Waals surface area contributed by atoms with Crippen LogP contribution in [0.2, 0.25) is 0 Å². The number of anilines is 2. The number of carbonyl (C=O) groups excluding carboxylic acids is 1. The van der Waals surface area contributed by atoms with Crippen molar-refractivity contribution in [2.75, 3.05) is 24.9 Å². The lowest BCUT2D eigenvalue weighted by Gasteiger charge is -2.26. The number of nitrogens with zero attached hydrogens (tertiary/aromatic N) is 2. The molecule has 0 radical (unpaired) electrons. The molecular formula is C28H26N4O3. The van der Waals surface area contributed by atoms with Gasteiger partial charge in [0, 0.05) is 16.9 Å². The van der Waals surface area contributed by atoms with Gasteiger partial charge in [-0.2, -0.15) is 5.10 Å². The van der Waals surface area contributed by atoms with Crippen LogP contribution in [-0.4, -0.2) is 29.9 Å². The zero-order valence-electron chi connectivity index (χ0n) is 19.8. The molecule has 176 valence electrons. The zero-order valence-corrected chi connectivity index (χ0v) is 19.8. The van der Waals surface area contributed by atoms with E-state index in [4.69, 9.17) is 9.47 Å². The molecule has 0 saturated heterocycles. The van der Waals surface area contributed by atoms with Crippen LogP contribution < -0.4 is 20.1 Å². The molecular weight excluding hydrogens is 440 g/mol. The van der Waals surface area contributed by atoms with E-state index in [0.29, 0.717) is 11.4 Å². The maximum Gasteiger partial charge on any atom is 0.261 e. The van der Waals surface area contributed by atoms with Crippen LogP contribution in [0.3, 0.4) is 0 Å². The van der Waals surface area contributed by atoms with E-state index in [0.717, 1.165) is 39.6 Å². The fraction of sp³-hybridized carbons (Fsp3) is 0.143. The second-order valence-electron chi connectivity index (χ2n) is 8.33. The molecule has 0 spiro atoms. The number of hydrogen-bond acceptors (Lipinski definition) is 5. The van der Waals surface area contributed by atoms with Crippen molar-refractivity contribution in [1.82, 2.24) is 9.78 Å². The van der Waals surface area contributed by atoms with E-state index >= 15 is 0 Å². The lowest BCUT2D eigenvalue weighted by Crippen LogP contribution is -2.22. The van der Waals surface area contributed by atoms with Crippen molar-refractivity contribution in [2.24, 2.45) is 0 Å². The van der Waals surface area contributed by atoms with Crippen LogP contribution in [-0.2, 0) is 0 Å². The van der Waals surface area contributed by atoms with Gasteiger partial charge in [0.25, 0.3) is 5.91 Å².